The molecule has 0 saturated heterocycles. The smallest absolute Gasteiger partial charge is 0.245 e. The molecule has 2 aromatic carbocycles. The molecule has 0 bridgehead atoms. The maximum Gasteiger partial charge on any atom is 0.245 e. The topological polar surface area (TPSA) is 84.9 Å². The van der Waals surface area contributed by atoms with Crippen molar-refractivity contribution in [2.75, 3.05) is 36.6 Å². The molecule has 146 valence electrons. The van der Waals surface area contributed by atoms with E-state index >= 15 is 0 Å². The molecule has 0 saturated carbocycles. The van der Waals surface area contributed by atoms with Gasteiger partial charge in [-0.15, -0.1) is 0 Å². The molecule has 2 aromatic rings. The van der Waals surface area contributed by atoms with E-state index in [1.165, 1.54) is 20.3 Å². The number of ether oxygens (including phenoxy) is 2. The summed E-state index contributed by atoms with van der Waals surface area (Å²) in [6.07, 6.45) is 1.04. The molecule has 9 heteroatoms. The summed E-state index contributed by atoms with van der Waals surface area (Å²) >= 11 is 3.40. The van der Waals surface area contributed by atoms with Gasteiger partial charge in [-0.1, -0.05) is 15.9 Å². The number of methoxy groups -OCH3 is 2. The van der Waals surface area contributed by atoms with E-state index in [9.17, 15) is 13.2 Å². The molecule has 0 fully saturated rings. The van der Waals surface area contributed by atoms with Gasteiger partial charge in [0.05, 0.1) is 26.2 Å². The van der Waals surface area contributed by atoms with Crippen LogP contribution in [0.15, 0.2) is 40.9 Å². The van der Waals surface area contributed by atoms with Crippen molar-refractivity contribution in [2.45, 2.75) is 6.92 Å². The zero-order valence-corrected chi connectivity index (χ0v) is 17.8. The summed E-state index contributed by atoms with van der Waals surface area (Å²) in [6, 6.07) is 10.0. The van der Waals surface area contributed by atoms with E-state index in [1.807, 2.05) is 13.0 Å². The molecular weight excluding hydrogens is 436 g/mol. The fourth-order valence-electron chi connectivity index (χ4n) is 2.43. The summed E-state index contributed by atoms with van der Waals surface area (Å²) in [5, 5.41) is 2.71. The maximum absolute atomic E-state index is 12.5. The number of aryl methyl sites for hydroxylation is 1. The minimum Gasteiger partial charge on any atom is -0.497 e. The second kappa shape index (κ2) is 8.62. The fourth-order valence-corrected chi connectivity index (χ4v) is 3.53. The lowest BCUT2D eigenvalue weighted by Crippen LogP contribution is -2.37. The Morgan fingerprint density at radius 1 is 1.15 bits per heavy atom. The van der Waals surface area contributed by atoms with Gasteiger partial charge in [0.1, 0.15) is 18.0 Å². The van der Waals surface area contributed by atoms with Gasteiger partial charge in [-0.3, -0.25) is 9.10 Å². The van der Waals surface area contributed by atoms with Crippen molar-refractivity contribution in [3.63, 3.8) is 0 Å². The van der Waals surface area contributed by atoms with Gasteiger partial charge in [0.25, 0.3) is 0 Å². The highest BCUT2D eigenvalue weighted by atomic mass is 79.9. The molecule has 0 heterocycles. The molecule has 0 aliphatic rings. The molecule has 0 aliphatic heterocycles. The van der Waals surface area contributed by atoms with E-state index in [2.05, 4.69) is 21.2 Å². The van der Waals surface area contributed by atoms with Gasteiger partial charge in [-0.2, -0.15) is 0 Å². The average Bonchev–Trinajstić information content (AvgIpc) is 2.61. The van der Waals surface area contributed by atoms with Crippen LogP contribution in [0.3, 0.4) is 0 Å². The lowest BCUT2D eigenvalue weighted by atomic mass is 10.2. The Balaban J connectivity index is 2.30. The summed E-state index contributed by atoms with van der Waals surface area (Å²) < 4.78 is 36.9. The van der Waals surface area contributed by atoms with E-state index in [0.29, 0.717) is 11.4 Å². The molecule has 1 amide bonds. The first-order chi connectivity index (χ1) is 12.7. The van der Waals surface area contributed by atoms with E-state index in [1.54, 1.807) is 24.3 Å². The Morgan fingerprint density at radius 2 is 1.85 bits per heavy atom. The number of nitrogens with one attached hydrogen (secondary N) is 1. The summed E-state index contributed by atoms with van der Waals surface area (Å²) in [6.45, 7) is 1.50. The number of anilines is 2. The van der Waals surface area contributed by atoms with E-state index in [4.69, 9.17) is 9.47 Å². The molecule has 27 heavy (non-hydrogen) atoms. The Bertz CT molecular complexity index is 947. The number of carbonyl (C=O) groups is 1. The van der Waals surface area contributed by atoms with Gasteiger partial charge in [0, 0.05) is 16.2 Å². The zero-order chi connectivity index (χ0) is 20.2. The molecule has 0 radical (unpaired) electrons. The highest BCUT2D eigenvalue weighted by Gasteiger charge is 2.24. The predicted molar refractivity (Wildman–Crippen MR) is 109 cm³/mol. The molecule has 0 aromatic heterocycles. The van der Waals surface area contributed by atoms with Crippen LogP contribution in [0, 0.1) is 6.92 Å². The van der Waals surface area contributed by atoms with Gasteiger partial charge in [-0.05, 0) is 42.8 Å². The summed E-state index contributed by atoms with van der Waals surface area (Å²) in [4.78, 5) is 12.5. The average molecular weight is 457 g/mol. The van der Waals surface area contributed by atoms with Crippen molar-refractivity contribution >= 4 is 43.2 Å². The first kappa shape index (κ1) is 21.0. The van der Waals surface area contributed by atoms with Gasteiger partial charge in [-0.25, -0.2) is 8.42 Å². The first-order valence-electron chi connectivity index (χ1n) is 7.91. The van der Waals surface area contributed by atoms with Crippen LogP contribution in [0.4, 0.5) is 11.4 Å². The largest absolute Gasteiger partial charge is 0.497 e. The minimum absolute atomic E-state index is 0.253. The molecule has 0 unspecified atom stereocenters. The molecular formula is C18H21BrN2O5S. The van der Waals surface area contributed by atoms with Crippen LogP contribution >= 0.6 is 15.9 Å². The number of rotatable bonds is 7. The fraction of sp³-hybridized carbons (Fsp3) is 0.278. The molecule has 2 rings (SSSR count). The highest BCUT2D eigenvalue weighted by Crippen LogP contribution is 2.33. The SMILES string of the molecule is COc1ccc(N(CC(=O)Nc2ccc(Br)c(C)c2)S(C)(=O)=O)c(OC)c1. The van der Waals surface area contributed by atoms with Crippen LogP contribution in [0.1, 0.15) is 5.56 Å². The third-order valence-corrected chi connectivity index (χ3v) is 5.80. The second-order valence-electron chi connectivity index (χ2n) is 5.82. The number of hydrogen-bond donors (Lipinski definition) is 1. The number of benzene rings is 2. The van der Waals surface area contributed by atoms with Crippen molar-refractivity contribution in [3.8, 4) is 11.5 Å². The van der Waals surface area contributed by atoms with Crippen LogP contribution in [-0.4, -0.2) is 41.3 Å². The Kier molecular flexibility index (Phi) is 6.72. The monoisotopic (exact) mass is 456 g/mol. The van der Waals surface area contributed by atoms with Crippen LogP contribution in [-0.2, 0) is 14.8 Å². The van der Waals surface area contributed by atoms with Crippen molar-refractivity contribution in [1.29, 1.82) is 0 Å². The van der Waals surface area contributed by atoms with E-state index in [0.717, 1.165) is 20.6 Å². The lowest BCUT2D eigenvalue weighted by molar-refractivity contribution is -0.114. The third-order valence-electron chi connectivity index (χ3n) is 3.78. The number of amides is 1. The molecule has 1 N–H and O–H groups in total. The normalized spacial score (nSPS) is 11.0. The Labute approximate surface area is 167 Å². The predicted octanol–water partition coefficient (Wildman–Crippen LogP) is 3.18. The van der Waals surface area contributed by atoms with Crippen LogP contribution in [0.25, 0.3) is 0 Å². The summed E-state index contributed by atoms with van der Waals surface area (Å²) in [5.74, 6) is 0.325. The van der Waals surface area contributed by atoms with Gasteiger partial charge >= 0.3 is 0 Å². The molecule has 7 nitrogen and oxygen atoms in total. The Morgan fingerprint density at radius 3 is 2.41 bits per heavy atom. The van der Waals surface area contributed by atoms with Gasteiger partial charge in [0.2, 0.25) is 15.9 Å². The standard InChI is InChI=1S/C18H21BrN2O5S/c1-12-9-13(5-7-15(12)19)20-18(22)11-21(27(4,23)24)16-8-6-14(25-2)10-17(16)26-3/h5-10H,11H2,1-4H3,(H,20,22). The lowest BCUT2D eigenvalue weighted by Gasteiger charge is -2.24. The van der Waals surface area contributed by atoms with Crippen LogP contribution in [0.5, 0.6) is 11.5 Å². The van der Waals surface area contributed by atoms with Gasteiger partial charge < -0.3 is 14.8 Å². The van der Waals surface area contributed by atoms with E-state index in [-0.39, 0.29) is 11.4 Å². The Hall–Kier alpha value is -2.26. The van der Waals surface area contributed by atoms with Crippen LogP contribution < -0.4 is 19.1 Å². The van der Waals surface area contributed by atoms with Crippen molar-refractivity contribution in [1.82, 2.24) is 0 Å². The minimum atomic E-state index is -3.73. The van der Waals surface area contributed by atoms with Crippen molar-refractivity contribution in [2.24, 2.45) is 0 Å². The zero-order valence-electron chi connectivity index (χ0n) is 15.4. The first-order valence-corrected chi connectivity index (χ1v) is 10.6. The number of carbonyl (C=O) groups excluding carboxylic acids is 1. The molecule has 0 spiro atoms. The number of hydrogen-bond acceptors (Lipinski definition) is 5. The van der Waals surface area contributed by atoms with E-state index < -0.39 is 22.5 Å². The number of nitrogens with zero attached hydrogens (tertiary/aromatic N) is 1. The van der Waals surface area contributed by atoms with Gasteiger partial charge in [0.15, 0.2) is 0 Å². The quantitative estimate of drug-likeness (QED) is 0.691. The molecule has 0 atom stereocenters. The second-order valence-corrected chi connectivity index (χ2v) is 8.58. The highest BCUT2D eigenvalue weighted by molar-refractivity contribution is 9.10. The van der Waals surface area contributed by atoms with Crippen molar-refractivity contribution in [3.05, 3.63) is 46.4 Å². The number of halogens is 1. The maximum atomic E-state index is 12.5. The number of sulfonamides is 1. The summed E-state index contributed by atoms with van der Waals surface area (Å²) in [7, 11) is -0.812. The third kappa shape index (κ3) is 5.36. The van der Waals surface area contributed by atoms with Crippen molar-refractivity contribution < 1.29 is 22.7 Å². The summed E-state index contributed by atoms with van der Waals surface area (Å²) in [5.41, 5.74) is 1.78. The molecule has 0 aliphatic carbocycles. The van der Waals surface area contributed by atoms with Crippen LogP contribution in [0.2, 0.25) is 0 Å².